The molecular formula is C27H22ClN3O4S2. The maximum Gasteiger partial charge on any atom is 0.261 e. The second-order valence-corrected chi connectivity index (χ2v) is 11.6. The van der Waals surface area contributed by atoms with Crippen LogP contribution in [0.5, 0.6) is 0 Å². The Morgan fingerprint density at radius 1 is 1.03 bits per heavy atom. The molecule has 0 unspecified atom stereocenters. The molecule has 0 aliphatic carbocycles. The summed E-state index contributed by atoms with van der Waals surface area (Å²) in [6, 6.07) is 19.8. The molecule has 0 aliphatic rings. The minimum atomic E-state index is -3.80. The number of hydrogen-bond donors (Lipinski definition) is 1. The summed E-state index contributed by atoms with van der Waals surface area (Å²) in [6.45, 7) is 4.25. The predicted molar refractivity (Wildman–Crippen MR) is 147 cm³/mol. The Balaban J connectivity index is 1.43. The summed E-state index contributed by atoms with van der Waals surface area (Å²) in [5.74, 6) is 0.338. The van der Waals surface area contributed by atoms with E-state index in [2.05, 4.69) is 4.72 Å². The molecule has 0 aliphatic heterocycles. The molecule has 0 saturated carbocycles. The van der Waals surface area contributed by atoms with Crippen molar-refractivity contribution in [1.82, 2.24) is 4.98 Å². The van der Waals surface area contributed by atoms with Crippen molar-refractivity contribution in [2.45, 2.75) is 25.3 Å². The van der Waals surface area contributed by atoms with Crippen LogP contribution in [0.1, 0.15) is 27.2 Å². The number of carbonyl (C=O) groups is 1. The second kappa shape index (κ2) is 10.0. The first-order valence-corrected chi connectivity index (χ1v) is 14.0. The van der Waals surface area contributed by atoms with E-state index in [-0.39, 0.29) is 17.3 Å². The van der Waals surface area contributed by atoms with Crippen molar-refractivity contribution >= 4 is 59.9 Å². The van der Waals surface area contributed by atoms with Gasteiger partial charge in [-0.05, 0) is 91.7 Å². The summed E-state index contributed by atoms with van der Waals surface area (Å²) in [6.07, 6.45) is 1.56. The van der Waals surface area contributed by atoms with Crippen molar-refractivity contribution < 1.29 is 17.6 Å². The molecule has 5 rings (SSSR count). The quantitative estimate of drug-likeness (QED) is 0.240. The van der Waals surface area contributed by atoms with Crippen LogP contribution in [0.3, 0.4) is 0 Å². The maximum absolute atomic E-state index is 13.6. The number of nitrogens with one attached hydrogen (secondary N) is 1. The lowest BCUT2D eigenvalue weighted by Gasteiger charge is -2.19. The highest BCUT2D eigenvalue weighted by atomic mass is 35.5. The van der Waals surface area contributed by atoms with Gasteiger partial charge in [0.2, 0.25) is 0 Å². The Labute approximate surface area is 223 Å². The largest absolute Gasteiger partial charge is 0.467 e. The third-order valence-corrected chi connectivity index (χ3v) is 8.64. The minimum absolute atomic E-state index is 0.0862. The van der Waals surface area contributed by atoms with Crippen molar-refractivity contribution in [3.8, 4) is 0 Å². The van der Waals surface area contributed by atoms with E-state index >= 15 is 0 Å². The number of nitrogens with zero attached hydrogens (tertiary/aromatic N) is 2. The third-order valence-electron chi connectivity index (χ3n) is 5.95. The van der Waals surface area contributed by atoms with Gasteiger partial charge in [-0.1, -0.05) is 29.0 Å². The summed E-state index contributed by atoms with van der Waals surface area (Å²) in [5.41, 5.74) is 3.78. The highest BCUT2D eigenvalue weighted by molar-refractivity contribution is 7.92. The number of furan rings is 1. The number of aromatic nitrogens is 1. The van der Waals surface area contributed by atoms with Crippen LogP contribution in [0.2, 0.25) is 5.02 Å². The van der Waals surface area contributed by atoms with E-state index in [0.717, 1.165) is 21.3 Å². The first-order chi connectivity index (χ1) is 17.7. The van der Waals surface area contributed by atoms with Crippen molar-refractivity contribution in [3.05, 3.63) is 107 Å². The molecule has 0 spiro atoms. The number of hydrogen-bond acceptors (Lipinski definition) is 6. The molecule has 10 heteroatoms. The lowest BCUT2D eigenvalue weighted by atomic mass is 10.1. The van der Waals surface area contributed by atoms with Gasteiger partial charge in [0, 0.05) is 16.3 Å². The molecule has 0 atom stereocenters. The average molecular weight is 552 g/mol. The van der Waals surface area contributed by atoms with Gasteiger partial charge in [0.05, 0.1) is 27.9 Å². The van der Waals surface area contributed by atoms with E-state index < -0.39 is 10.0 Å². The standard InChI is InChI=1S/C27H22ClN3O4S2/c1-17-5-14-24-25(18(17)2)29-27(36-24)31(16-22-4-3-15-35-22)26(32)19-6-10-21(11-7-19)30-37(33,34)23-12-8-20(28)9-13-23/h3-15,30H,16H2,1-2H3. The zero-order chi connectivity index (χ0) is 26.2. The van der Waals surface area contributed by atoms with Crippen molar-refractivity contribution in [1.29, 1.82) is 0 Å². The summed E-state index contributed by atoms with van der Waals surface area (Å²) in [7, 11) is -3.80. The zero-order valence-electron chi connectivity index (χ0n) is 19.9. The third kappa shape index (κ3) is 5.24. The van der Waals surface area contributed by atoms with Crippen molar-refractivity contribution in [2.75, 3.05) is 9.62 Å². The van der Waals surface area contributed by atoms with Gasteiger partial charge in [0.25, 0.3) is 15.9 Å². The number of halogens is 1. The van der Waals surface area contributed by atoms with Gasteiger partial charge < -0.3 is 4.42 Å². The number of carbonyl (C=O) groups excluding carboxylic acids is 1. The lowest BCUT2D eigenvalue weighted by Crippen LogP contribution is -2.30. The molecule has 0 bridgehead atoms. The normalized spacial score (nSPS) is 11.5. The van der Waals surface area contributed by atoms with Crippen LogP contribution in [0.15, 0.2) is 88.4 Å². The first kappa shape index (κ1) is 25.0. The van der Waals surface area contributed by atoms with Gasteiger partial charge in [-0.3, -0.25) is 14.4 Å². The molecule has 7 nitrogen and oxygen atoms in total. The molecule has 188 valence electrons. The van der Waals surface area contributed by atoms with Crippen LogP contribution in [-0.2, 0) is 16.6 Å². The monoisotopic (exact) mass is 551 g/mol. The van der Waals surface area contributed by atoms with Gasteiger partial charge in [0.15, 0.2) is 5.13 Å². The Morgan fingerprint density at radius 3 is 2.43 bits per heavy atom. The Kier molecular flexibility index (Phi) is 6.76. The van der Waals surface area contributed by atoms with Crippen LogP contribution in [0.25, 0.3) is 10.2 Å². The molecule has 0 saturated heterocycles. The second-order valence-electron chi connectivity index (χ2n) is 8.46. The number of benzene rings is 3. The van der Waals surface area contributed by atoms with E-state index in [0.29, 0.717) is 27.2 Å². The Hall–Kier alpha value is -3.66. The number of amides is 1. The summed E-state index contributed by atoms with van der Waals surface area (Å²) in [4.78, 5) is 20.1. The molecule has 1 amide bonds. The molecule has 2 aromatic heterocycles. The van der Waals surface area contributed by atoms with E-state index in [9.17, 15) is 13.2 Å². The Bertz CT molecular complexity index is 1680. The van der Waals surface area contributed by atoms with Gasteiger partial charge >= 0.3 is 0 Å². The minimum Gasteiger partial charge on any atom is -0.467 e. The van der Waals surface area contributed by atoms with Crippen LogP contribution in [0, 0.1) is 13.8 Å². The molecule has 37 heavy (non-hydrogen) atoms. The maximum atomic E-state index is 13.6. The van der Waals surface area contributed by atoms with E-state index in [1.165, 1.54) is 35.6 Å². The van der Waals surface area contributed by atoms with Gasteiger partial charge in [-0.25, -0.2) is 13.4 Å². The van der Waals surface area contributed by atoms with Crippen molar-refractivity contribution in [2.24, 2.45) is 0 Å². The SMILES string of the molecule is Cc1ccc2sc(N(Cc3ccco3)C(=O)c3ccc(NS(=O)(=O)c4ccc(Cl)cc4)cc3)nc2c1C. The number of sulfonamides is 1. The highest BCUT2D eigenvalue weighted by Gasteiger charge is 2.24. The molecule has 1 N–H and O–H groups in total. The number of aryl methyl sites for hydroxylation is 2. The van der Waals surface area contributed by atoms with E-state index in [1.807, 2.05) is 26.0 Å². The summed E-state index contributed by atoms with van der Waals surface area (Å²) >= 11 is 7.29. The van der Waals surface area contributed by atoms with Crippen LogP contribution in [0.4, 0.5) is 10.8 Å². The average Bonchev–Trinajstić information content (AvgIpc) is 3.55. The number of thiazole rings is 1. The van der Waals surface area contributed by atoms with Gasteiger partial charge in [-0.15, -0.1) is 0 Å². The fourth-order valence-electron chi connectivity index (χ4n) is 3.78. The fraction of sp³-hybridized carbons (Fsp3) is 0.111. The predicted octanol–water partition coefficient (Wildman–Crippen LogP) is 6.81. The molecule has 0 fully saturated rings. The molecular weight excluding hydrogens is 530 g/mol. The lowest BCUT2D eigenvalue weighted by molar-refractivity contribution is 0.0983. The van der Waals surface area contributed by atoms with E-state index in [1.54, 1.807) is 47.6 Å². The highest BCUT2D eigenvalue weighted by Crippen LogP contribution is 2.33. The Morgan fingerprint density at radius 2 is 1.76 bits per heavy atom. The van der Waals surface area contributed by atoms with Gasteiger partial charge in [-0.2, -0.15) is 0 Å². The van der Waals surface area contributed by atoms with Crippen molar-refractivity contribution in [3.63, 3.8) is 0 Å². The smallest absolute Gasteiger partial charge is 0.261 e. The number of anilines is 2. The molecule has 5 aromatic rings. The van der Waals surface area contributed by atoms with Crippen LogP contribution < -0.4 is 9.62 Å². The fourth-order valence-corrected chi connectivity index (χ4v) is 5.99. The summed E-state index contributed by atoms with van der Waals surface area (Å²) < 4.78 is 34.4. The number of rotatable bonds is 7. The molecule has 3 aromatic carbocycles. The topological polar surface area (TPSA) is 92.5 Å². The zero-order valence-corrected chi connectivity index (χ0v) is 22.3. The molecule has 2 heterocycles. The van der Waals surface area contributed by atoms with E-state index in [4.69, 9.17) is 21.0 Å². The summed E-state index contributed by atoms with van der Waals surface area (Å²) in [5, 5.41) is 0.997. The van der Waals surface area contributed by atoms with Gasteiger partial charge in [0.1, 0.15) is 5.76 Å². The van der Waals surface area contributed by atoms with Crippen LogP contribution >= 0.6 is 22.9 Å². The van der Waals surface area contributed by atoms with Crippen LogP contribution in [-0.4, -0.2) is 19.3 Å². The number of fused-ring (bicyclic) bond motifs is 1. The molecule has 0 radical (unpaired) electrons. The first-order valence-electron chi connectivity index (χ1n) is 11.3.